The first kappa shape index (κ1) is 16.2. The van der Waals surface area contributed by atoms with Gasteiger partial charge in [-0.05, 0) is 35.4 Å². The molecule has 2 fully saturated rings. The van der Waals surface area contributed by atoms with Crippen molar-refractivity contribution < 1.29 is 13.6 Å². The second-order valence-corrected chi connectivity index (χ2v) is 7.04. The third kappa shape index (κ3) is 3.42. The minimum atomic E-state index is -0.269. The molecule has 0 aliphatic carbocycles. The standard InChI is InChI=1S/C20H20F2N2O/c21-17-6-4-14(5-7-17)9-23-11-16-12-24(20(25)19(16)13-23)10-15-2-1-3-18(22)8-15/h1-8,16,19H,9-13H2/t16-,19-/m0/s1. The summed E-state index contributed by atoms with van der Waals surface area (Å²) in [5, 5.41) is 0. The zero-order valence-electron chi connectivity index (χ0n) is 13.9. The van der Waals surface area contributed by atoms with Gasteiger partial charge in [-0.1, -0.05) is 24.3 Å². The normalized spacial score (nSPS) is 23.3. The Labute approximate surface area is 145 Å². The molecular formula is C20H20F2N2O. The van der Waals surface area contributed by atoms with Gasteiger partial charge in [-0.2, -0.15) is 0 Å². The van der Waals surface area contributed by atoms with Crippen LogP contribution in [-0.4, -0.2) is 35.3 Å². The summed E-state index contributed by atoms with van der Waals surface area (Å²) < 4.78 is 26.3. The molecule has 0 radical (unpaired) electrons. The van der Waals surface area contributed by atoms with Crippen LogP contribution in [0.25, 0.3) is 0 Å². The van der Waals surface area contributed by atoms with Gasteiger partial charge in [0, 0.05) is 38.6 Å². The van der Waals surface area contributed by atoms with Crippen molar-refractivity contribution in [3.63, 3.8) is 0 Å². The zero-order valence-corrected chi connectivity index (χ0v) is 13.9. The fourth-order valence-corrected chi connectivity index (χ4v) is 4.01. The lowest BCUT2D eigenvalue weighted by atomic mass is 10.0. The quantitative estimate of drug-likeness (QED) is 0.853. The number of benzene rings is 2. The molecule has 2 aromatic rings. The molecule has 2 saturated heterocycles. The predicted octanol–water partition coefficient (Wildman–Crippen LogP) is 3.06. The van der Waals surface area contributed by atoms with Gasteiger partial charge in [-0.15, -0.1) is 0 Å². The van der Waals surface area contributed by atoms with Crippen LogP contribution in [-0.2, 0) is 17.9 Å². The summed E-state index contributed by atoms with van der Waals surface area (Å²) in [5.41, 5.74) is 1.89. The first-order chi connectivity index (χ1) is 12.1. The highest BCUT2D eigenvalue weighted by Crippen LogP contribution is 2.33. The Bertz CT molecular complexity index is 778. The summed E-state index contributed by atoms with van der Waals surface area (Å²) in [6.45, 7) is 3.54. The molecule has 130 valence electrons. The van der Waals surface area contributed by atoms with Gasteiger partial charge in [0.1, 0.15) is 11.6 Å². The van der Waals surface area contributed by atoms with Crippen LogP contribution in [0.4, 0.5) is 8.78 Å². The SMILES string of the molecule is O=C1[C@H]2CN(Cc3ccc(F)cc3)C[C@H]2CN1Cc1cccc(F)c1. The van der Waals surface area contributed by atoms with Crippen LogP contribution in [0, 0.1) is 23.5 Å². The third-order valence-electron chi connectivity index (χ3n) is 5.18. The molecule has 2 heterocycles. The van der Waals surface area contributed by atoms with Gasteiger partial charge in [-0.25, -0.2) is 8.78 Å². The van der Waals surface area contributed by atoms with Crippen molar-refractivity contribution in [2.75, 3.05) is 19.6 Å². The van der Waals surface area contributed by atoms with Crippen LogP contribution in [0.3, 0.4) is 0 Å². The van der Waals surface area contributed by atoms with Crippen LogP contribution < -0.4 is 0 Å². The number of carbonyl (C=O) groups excluding carboxylic acids is 1. The summed E-state index contributed by atoms with van der Waals surface area (Å²) in [6.07, 6.45) is 0. The van der Waals surface area contributed by atoms with E-state index in [1.54, 1.807) is 18.2 Å². The van der Waals surface area contributed by atoms with E-state index in [9.17, 15) is 13.6 Å². The highest BCUT2D eigenvalue weighted by atomic mass is 19.1. The maximum Gasteiger partial charge on any atom is 0.227 e. The van der Waals surface area contributed by atoms with E-state index >= 15 is 0 Å². The fourth-order valence-electron chi connectivity index (χ4n) is 4.01. The molecule has 4 rings (SSSR count). The van der Waals surface area contributed by atoms with E-state index in [-0.39, 0.29) is 23.5 Å². The van der Waals surface area contributed by atoms with Gasteiger partial charge in [0.05, 0.1) is 5.92 Å². The van der Waals surface area contributed by atoms with E-state index < -0.39 is 0 Å². The number of rotatable bonds is 4. The molecule has 2 atom stereocenters. The molecule has 0 spiro atoms. The first-order valence-electron chi connectivity index (χ1n) is 8.58. The Balaban J connectivity index is 1.37. The van der Waals surface area contributed by atoms with Crippen molar-refractivity contribution in [3.8, 4) is 0 Å². The lowest BCUT2D eigenvalue weighted by molar-refractivity contribution is -0.131. The second-order valence-electron chi connectivity index (χ2n) is 7.04. The highest BCUT2D eigenvalue weighted by Gasteiger charge is 2.45. The Morgan fingerprint density at radius 3 is 2.40 bits per heavy atom. The van der Waals surface area contributed by atoms with Crippen molar-refractivity contribution in [1.82, 2.24) is 9.80 Å². The molecule has 2 aromatic carbocycles. The summed E-state index contributed by atoms with van der Waals surface area (Å²) in [6, 6.07) is 13.0. The van der Waals surface area contributed by atoms with Crippen molar-refractivity contribution in [3.05, 3.63) is 71.3 Å². The number of hydrogen-bond acceptors (Lipinski definition) is 2. The average Bonchev–Trinajstić information content (AvgIpc) is 3.09. The van der Waals surface area contributed by atoms with Crippen molar-refractivity contribution in [2.45, 2.75) is 13.1 Å². The smallest absolute Gasteiger partial charge is 0.227 e. The molecule has 3 nitrogen and oxygen atoms in total. The van der Waals surface area contributed by atoms with Crippen LogP contribution in [0.1, 0.15) is 11.1 Å². The first-order valence-corrected chi connectivity index (χ1v) is 8.58. The van der Waals surface area contributed by atoms with Crippen LogP contribution in [0.15, 0.2) is 48.5 Å². The largest absolute Gasteiger partial charge is 0.338 e. The number of halogens is 2. The highest BCUT2D eigenvalue weighted by molar-refractivity contribution is 5.82. The Kier molecular flexibility index (Phi) is 4.25. The molecule has 0 unspecified atom stereocenters. The summed E-state index contributed by atoms with van der Waals surface area (Å²) in [7, 11) is 0. The molecule has 1 amide bonds. The summed E-state index contributed by atoms with van der Waals surface area (Å²) in [5.74, 6) is 0.00593. The monoisotopic (exact) mass is 342 g/mol. The van der Waals surface area contributed by atoms with Gasteiger partial charge in [-0.3, -0.25) is 9.69 Å². The summed E-state index contributed by atoms with van der Waals surface area (Å²) in [4.78, 5) is 16.8. The van der Waals surface area contributed by atoms with E-state index in [1.165, 1.54) is 24.3 Å². The molecule has 0 aromatic heterocycles. The van der Waals surface area contributed by atoms with Gasteiger partial charge in [0.25, 0.3) is 0 Å². The maximum absolute atomic E-state index is 13.3. The molecule has 5 heteroatoms. The van der Waals surface area contributed by atoms with Crippen molar-refractivity contribution in [1.29, 1.82) is 0 Å². The van der Waals surface area contributed by atoms with Crippen molar-refractivity contribution in [2.24, 2.45) is 11.8 Å². The Morgan fingerprint density at radius 2 is 1.68 bits per heavy atom. The molecular weight excluding hydrogens is 322 g/mol. The zero-order chi connectivity index (χ0) is 17.4. The van der Waals surface area contributed by atoms with Gasteiger partial charge < -0.3 is 4.90 Å². The topological polar surface area (TPSA) is 23.6 Å². The number of carbonyl (C=O) groups is 1. The number of amides is 1. The van der Waals surface area contributed by atoms with E-state index in [0.717, 1.165) is 37.3 Å². The number of hydrogen-bond donors (Lipinski definition) is 0. The Hall–Kier alpha value is -2.27. The lowest BCUT2D eigenvalue weighted by Crippen LogP contribution is -2.32. The average molecular weight is 342 g/mol. The molecule has 2 aliphatic heterocycles. The third-order valence-corrected chi connectivity index (χ3v) is 5.18. The minimum absolute atomic E-state index is 0.0222. The lowest BCUT2D eigenvalue weighted by Gasteiger charge is -2.22. The van der Waals surface area contributed by atoms with E-state index in [0.29, 0.717) is 12.5 Å². The van der Waals surface area contributed by atoms with E-state index in [2.05, 4.69) is 4.90 Å². The Morgan fingerprint density at radius 1 is 0.880 bits per heavy atom. The number of nitrogens with zero attached hydrogens (tertiary/aromatic N) is 2. The van der Waals surface area contributed by atoms with E-state index in [4.69, 9.17) is 0 Å². The van der Waals surface area contributed by atoms with Crippen LogP contribution in [0.5, 0.6) is 0 Å². The summed E-state index contributed by atoms with van der Waals surface area (Å²) >= 11 is 0. The minimum Gasteiger partial charge on any atom is -0.338 e. The van der Waals surface area contributed by atoms with Crippen LogP contribution in [0.2, 0.25) is 0 Å². The van der Waals surface area contributed by atoms with Crippen molar-refractivity contribution >= 4 is 5.91 Å². The maximum atomic E-state index is 13.3. The number of fused-ring (bicyclic) bond motifs is 1. The number of likely N-dealkylation sites (tertiary alicyclic amines) is 2. The van der Waals surface area contributed by atoms with E-state index in [1.807, 2.05) is 11.0 Å². The predicted molar refractivity (Wildman–Crippen MR) is 90.5 cm³/mol. The second kappa shape index (κ2) is 6.56. The fraction of sp³-hybridized carbons (Fsp3) is 0.350. The van der Waals surface area contributed by atoms with Crippen LogP contribution >= 0.6 is 0 Å². The molecule has 0 N–H and O–H groups in total. The molecule has 0 saturated carbocycles. The van der Waals surface area contributed by atoms with Gasteiger partial charge in [0.2, 0.25) is 5.91 Å². The van der Waals surface area contributed by atoms with Gasteiger partial charge >= 0.3 is 0 Å². The molecule has 0 bridgehead atoms. The van der Waals surface area contributed by atoms with Gasteiger partial charge in [0.15, 0.2) is 0 Å². The molecule has 2 aliphatic rings. The molecule has 25 heavy (non-hydrogen) atoms.